The summed E-state index contributed by atoms with van der Waals surface area (Å²) in [7, 11) is 0. The van der Waals surface area contributed by atoms with Crippen molar-refractivity contribution in [1.82, 2.24) is 0 Å². The minimum Gasteiger partial charge on any atom is -0.482 e. The van der Waals surface area contributed by atoms with Crippen LogP contribution in [-0.2, 0) is 17.6 Å². The number of amides is 2. The van der Waals surface area contributed by atoms with Crippen LogP contribution in [0.3, 0.4) is 0 Å². The molecule has 0 unspecified atom stereocenters. The molecule has 0 spiro atoms. The molecular formula is C18H18Br2N2O3S. The van der Waals surface area contributed by atoms with Crippen LogP contribution in [0.25, 0.3) is 0 Å². The van der Waals surface area contributed by atoms with E-state index in [0.29, 0.717) is 16.3 Å². The van der Waals surface area contributed by atoms with Crippen molar-refractivity contribution in [2.45, 2.75) is 32.6 Å². The molecule has 3 N–H and O–H groups in total. The average molecular weight is 502 g/mol. The smallest absolute Gasteiger partial charge is 0.262 e. The summed E-state index contributed by atoms with van der Waals surface area (Å²) in [5.74, 6) is -0.198. The molecule has 3 rings (SSSR count). The molecule has 0 aliphatic heterocycles. The van der Waals surface area contributed by atoms with Crippen molar-refractivity contribution < 1.29 is 14.3 Å². The van der Waals surface area contributed by atoms with Gasteiger partial charge in [0.05, 0.1) is 10.0 Å². The van der Waals surface area contributed by atoms with Crippen LogP contribution < -0.4 is 15.8 Å². The lowest BCUT2D eigenvalue weighted by Gasteiger charge is -2.12. The SMILES string of the molecule is Cc1cc(Br)cc(Br)c1OCC(=O)Nc1sc2c(c1C(N)=O)CCCC2. The first-order valence-electron chi connectivity index (χ1n) is 8.19. The predicted octanol–water partition coefficient (Wildman–Crippen LogP) is 4.58. The Morgan fingerprint density at radius 2 is 2.00 bits per heavy atom. The molecule has 0 saturated carbocycles. The monoisotopic (exact) mass is 500 g/mol. The number of aryl methyl sites for hydroxylation is 2. The van der Waals surface area contributed by atoms with Crippen LogP contribution in [0.1, 0.15) is 39.2 Å². The molecule has 138 valence electrons. The zero-order valence-corrected chi connectivity index (χ0v) is 18.1. The predicted molar refractivity (Wildman–Crippen MR) is 110 cm³/mol. The van der Waals surface area contributed by atoms with Crippen LogP contribution in [0.15, 0.2) is 21.1 Å². The van der Waals surface area contributed by atoms with Crippen LogP contribution in [0.4, 0.5) is 5.00 Å². The van der Waals surface area contributed by atoms with E-state index in [4.69, 9.17) is 10.5 Å². The number of carbonyl (C=O) groups excluding carboxylic acids is 2. The Morgan fingerprint density at radius 3 is 2.69 bits per heavy atom. The van der Waals surface area contributed by atoms with Crippen LogP contribution in [0.5, 0.6) is 5.75 Å². The molecule has 0 bridgehead atoms. The van der Waals surface area contributed by atoms with Gasteiger partial charge in [0.15, 0.2) is 6.61 Å². The van der Waals surface area contributed by atoms with Crippen LogP contribution in [0, 0.1) is 6.92 Å². The number of hydrogen-bond donors (Lipinski definition) is 2. The van der Waals surface area contributed by atoms with Gasteiger partial charge in [0, 0.05) is 9.35 Å². The zero-order chi connectivity index (χ0) is 18.8. The summed E-state index contributed by atoms with van der Waals surface area (Å²) in [5, 5.41) is 3.33. The standard InChI is InChI=1S/C18H18Br2N2O3S/c1-9-6-10(19)7-12(20)16(9)25-8-14(23)22-18-15(17(21)24)11-4-2-3-5-13(11)26-18/h6-7H,2-5,8H2,1H3,(H2,21,24)(H,22,23). The van der Waals surface area contributed by atoms with E-state index in [0.717, 1.165) is 50.6 Å². The molecule has 1 aliphatic carbocycles. The van der Waals surface area contributed by atoms with Crippen LogP contribution >= 0.6 is 43.2 Å². The van der Waals surface area contributed by atoms with E-state index in [1.54, 1.807) is 0 Å². The van der Waals surface area contributed by atoms with Gasteiger partial charge in [0.1, 0.15) is 10.8 Å². The summed E-state index contributed by atoms with van der Waals surface area (Å²) < 4.78 is 7.36. The highest BCUT2D eigenvalue weighted by Gasteiger charge is 2.25. The minimum atomic E-state index is -0.493. The molecule has 1 aromatic heterocycles. The number of fused-ring (bicyclic) bond motifs is 1. The average Bonchev–Trinajstić information content (AvgIpc) is 2.91. The van der Waals surface area contributed by atoms with Crippen molar-refractivity contribution in [2.75, 3.05) is 11.9 Å². The van der Waals surface area contributed by atoms with Gasteiger partial charge in [0.2, 0.25) is 0 Å². The van der Waals surface area contributed by atoms with E-state index in [-0.39, 0.29) is 12.5 Å². The highest BCUT2D eigenvalue weighted by Crippen LogP contribution is 2.38. The largest absolute Gasteiger partial charge is 0.482 e. The highest BCUT2D eigenvalue weighted by molar-refractivity contribution is 9.11. The summed E-state index contributed by atoms with van der Waals surface area (Å²) in [6.07, 6.45) is 3.90. The topological polar surface area (TPSA) is 81.4 Å². The van der Waals surface area contributed by atoms with Gasteiger partial charge in [-0.1, -0.05) is 15.9 Å². The summed E-state index contributed by atoms with van der Waals surface area (Å²) in [5.41, 5.74) is 7.91. The zero-order valence-electron chi connectivity index (χ0n) is 14.2. The number of hydrogen-bond acceptors (Lipinski definition) is 4. The first kappa shape index (κ1) is 19.4. The maximum absolute atomic E-state index is 12.4. The van der Waals surface area contributed by atoms with Gasteiger partial charge in [-0.05, 0) is 71.8 Å². The first-order valence-corrected chi connectivity index (χ1v) is 10.6. The lowest BCUT2D eigenvalue weighted by molar-refractivity contribution is -0.118. The first-order chi connectivity index (χ1) is 12.4. The second kappa shape index (κ2) is 8.10. The summed E-state index contributed by atoms with van der Waals surface area (Å²) in [6.45, 7) is 1.75. The van der Waals surface area contributed by atoms with Crippen molar-refractivity contribution in [3.63, 3.8) is 0 Å². The van der Waals surface area contributed by atoms with Crippen LogP contribution in [-0.4, -0.2) is 18.4 Å². The second-order valence-electron chi connectivity index (χ2n) is 6.15. The molecule has 1 aromatic carbocycles. The molecule has 0 atom stereocenters. The molecular weight excluding hydrogens is 484 g/mol. The fourth-order valence-electron chi connectivity index (χ4n) is 3.09. The van der Waals surface area contributed by atoms with Gasteiger partial charge in [-0.25, -0.2) is 0 Å². The molecule has 5 nitrogen and oxygen atoms in total. The Kier molecular flexibility index (Phi) is 6.04. The molecule has 2 aromatic rings. The molecule has 0 fully saturated rings. The molecule has 0 radical (unpaired) electrons. The number of benzene rings is 1. The molecule has 26 heavy (non-hydrogen) atoms. The van der Waals surface area contributed by atoms with Gasteiger partial charge in [-0.3, -0.25) is 9.59 Å². The second-order valence-corrected chi connectivity index (χ2v) is 9.02. The van der Waals surface area contributed by atoms with E-state index in [2.05, 4.69) is 37.2 Å². The van der Waals surface area contributed by atoms with E-state index >= 15 is 0 Å². The lowest BCUT2D eigenvalue weighted by Crippen LogP contribution is -2.22. The van der Waals surface area contributed by atoms with Crippen molar-refractivity contribution in [1.29, 1.82) is 0 Å². The minimum absolute atomic E-state index is 0.151. The number of primary amides is 1. The quantitative estimate of drug-likeness (QED) is 0.629. The van der Waals surface area contributed by atoms with Gasteiger partial charge < -0.3 is 15.8 Å². The fourth-order valence-corrected chi connectivity index (χ4v) is 5.95. The summed E-state index contributed by atoms with van der Waals surface area (Å²) in [6, 6.07) is 3.77. The third kappa shape index (κ3) is 4.13. The number of halogens is 2. The van der Waals surface area contributed by atoms with Crippen molar-refractivity contribution >= 4 is 60.0 Å². The van der Waals surface area contributed by atoms with Gasteiger partial charge >= 0.3 is 0 Å². The maximum Gasteiger partial charge on any atom is 0.262 e. The Balaban J connectivity index is 1.73. The third-order valence-electron chi connectivity index (χ3n) is 4.21. The fraction of sp³-hybridized carbons (Fsp3) is 0.333. The van der Waals surface area contributed by atoms with E-state index in [9.17, 15) is 9.59 Å². The normalized spacial score (nSPS) is 13.2. The van der Waals surface area contributed by atoms with E-state index in [1.807, 2.05) is 19.1 Å². The lowest BCUT2D eigenvalue weighted by atomic mass is 9.95. The Bertz CT molecular complexity index is 857. The number of nitrogens with one attached hydrogen (secondary N) is 1. The number of rotatable bonds is 5. The summed E-state index contributed by atoms with van der Waals surface area (Å²) >= 11 is 8.30. The molecule has 1 heterocycles. The van der Waals surface area contributed by atoms with Gasteiger partial charge in [0.25, 0.3) is 11.8 Å². The van der Waals surface area contributed by atoms with Crippen molar-refractivity contribution in [3.8, 4) is 5.75 Å². The Morgan fingerprint density at radius 1 is 1.27 bits per heavy atom. The van der Waals surface area contributed by atoms with Gasteiger partial charge in [-0.15, -0.1) is 11.3 Å². The van der Waals surface area contributed by atoms with E-state index in [1.165, 1.54) is 11.3 Å². The molecule has 0 saturated heterocycles. The van der Waals surface area contributed by atoms with Crippen molar-refractivity contribution in [3.05, 3.63) is 42.6 Å². The molecule has 2 amide bonds. The van der Waals surface area contributed by atoms with Gasteiger partial charge in [-0.2, -0.15) is 0 Å². The Hall–Kier alpha value is -1.38. The van der Waals surface area contributed by atoms with Crippen molar-refractivity contribution in [2.24, 2.45) is 5.73 Å². The molecule has 8 heteroatoms. The number of nitrogens with two attached hydrogens (primary N) is 1. The Labute approximate surface area is 172 Å². The maximum atomic E-state index is 12.4. The third-order valence-corrected chi connectivity index (χ3v) is 6.47. The number of carbonyl (C=O) groups is 2. The molecule has 1 aliphatic rings. The summed E-state index contributed by atoms with van der Waals surface area (Å²) in [4.78, 5) is 25.4. The number of ether oxygens (including phenoxy) is 1. The van der Waals surface area contributed by atoms with E-state index < -0.39 is 5.91 Å². The number of thiophene rings is 1. The number of anilines is 1. The highest BCUT2D eigenvalue weighted by atomic mass is 79.9. The van der Waals surface area contributed by atoms with Crippen LogP contribution in [0.2, 0.25) is 0 Å².